The molecule has 2 atom stereocenters. The molecule has 23 heavy (non-hydrogen) atoms. The van der Waals surface area contributed by atoms with E-state index in [4.69, 9.17) is 0 Å². The number of hydrogen-bond acceptors (Lipinski definition) is 3. The third-order valence-electron chi connectivity index (χ3n) is 4.85. The van der Waals surface area contributed by atoms with Gasteiger partial charge in [-0.1, -0.05) is 36.4 Å². The Balaban J connectivity index is 1.82. The van der Waals surface area contributed by atoms with Crippen molar-refractivity contribution in [2.45, 2.75) is 12.8 Å². The van der Waals surface area contributed by atoms with Crippen molar-refractivity contribution in [1.82, 2.24) is 0 Å². The summed E-state index contributed by atoms with van der Waals surface area (Å²) < 4.78 is 0. The lowest BCUT2D eigenvalue weighted by atomic mass is 9.83. The average molecular weight is 306 g/mol. The average Bonchev–Trinajstić information content (AvgIpc) is 2.85. The summed E-state index contributed by atoms with van der Waals surface area (Å²) in [5.74, 6) is -0.840. The van der Waals surface area contributed by atoms with Crippen LogP contribution in [0.3, 0.4) is 0 Å². The van der Waals surface area contributed by atoms with Crippen LogP contribution in [-0.2, 0) is 9.59 Å². The monoisotopic (exact) mass is 306 g/mol. The molecule has 0 bridgehead atoms. The van der Waals surface area contributed by atoms with E-state index in [1.807, 2.05) is 54.6 Å². The van der Waals surface area contributed by atoms with E-state index in [1.165, 1.54) is 4.90 Å². The Kier molecular flexibility index (Phi) is 3.18. The Labute approximate surface area is 135 Å². The first-order valence-electron chi connectivity index (χ1n) is 7.99. The molecule has 0 radical (unpaired) electrons. The summed E-state index contributed by atoms with van der Waals surface area (Å²) >= 11 is 0. The molecule has 2 heterocycles. The first-order chi connectivity index (χ1) is 11.2. The molecule has 1 saturated heterocycles. The molecule has 1 fully saturated rings. The van der Waals surface area contributed by atoms with Gasteiger partial charge in [-0.2, -0.15) is 0 Å². The molecule has 0 N–H and O–H groups in total. The van der Waals surface area contributed by atoms with Crippen molar-refractivity contribution in [1.29, 1.82) is 0 Å². The second kappa shape index (κ2) is 5.23. The van der Waals surface area contributed by atoms with Crippen molar-refractivity contribution in [2.75, 3.05) is 22.9 Å². The first kappa shape index (κ1) is 14.0. The van der Waals surface area contributed by atoms with E-state index in [-0.39, 0.29) is 23.7 Å². The number of imide groups is 1. The van der Waals surface area contributed by atoms with Crippen LogP contribution in [0.4, 0.5) is 11.4 Å². The zero-order valence-electron chi connectivity index (χ0n) is 13.0. The second-order valence-corrected chi connectivity index (χ2v) is 6.03. The molecule has 0 saturated carbocycles. The van der Waals surface area contributed by atoms with Gasteiger partial charge in [0.15, 0.2) is 0 Å². The van der Waals surface area contributed by atoms with Gasteiger partial charge in [0.1, 0.15) is 0 Å². The third-order valence-corrected chi connectivity index (χ3v) is 4.85. The Morgan fingerprint density at radius 2 is 1.65 bits per heavy atom. The number of anilines is 2. The quantitative estimate of drug-likeness (QED) is 0.801. The molecule has 0 aromatic heterocycles. The van der Waals surface area contributed by atoms with Crippen molar-refractivity contribution in [3.05, 3.63) is 60.2 Å². The van der Waals surface area contributed by atoms with E-state index >= 15 is 0 Å². The summed E-state index contributed by atoms with van der Waals surface area (Å²) in [7, 11) is 0. The number of carbonyl (C=O) groups is 2. The smallest absolute Gasteiger partial charge is 0.242 e. The van der Waals surface area contributed by atoms with Gasteiger partial charge in [0.25, 0.3) is 0 Å². The summed E-state index contributed by atoms with van der Waals surface area (Å²) in [4.78, 5) is 29.5. The minimum absolute atomic E-state index is 0.0841. The fourth-order valence-electron chi connectivity index (χ4n) is 3.77. The minimum Gasteiger partial charge on any atom is -0.371 e. The molecule has 2 amide bonds. The summed E-state index contributed by atoms with van der Waals surface area (Å²) in [6, 6.07) is 17.2. The molecule has 0 spiro atoms. The highest BCUT2D eigenvalue weighted by molar-refractivity contribution is 6.24. The normalized spacial score (nSPS) is 23.0. The Morgan fingerprint density at radius 1 is 0.957 bits per heavy atom. The Hall–Kier alpha value is -2.62. The van der Waals surface area contributed by atoms with Gasteiger partial charge in [0, 0.05) is 18.8 Å². The van der Waals surface area contributed by atoms with Gasteiger partial charge in [-0.3, -0.25) is 9.59 Å². The lowest BCUT2D eigenvalue weighted by Gasteiger charge is -2.35. The van der Waals surface area contributed by atoms with E-state index in [9.17, 15) is 9.59 Å². The molecule has 2 aromatic carbocycles. The molecular weight excluding hydrogens is 288 g/mol. The maximum atomic E-state index is 13.0. The summed E-state index contributed by atoms with van der Waals surface area (Å²) in [6.45, 7) is 3.51. The molecule has 0 unspecified atom stereocenters. The first-order valence-corrected chi connectivity index (χ1v) is 7.99. The fraction of sp³-hybridized carbons (Fsp3) is 0.263. The number of nitrogens with zero attached hydrogens (tertiary/aromatic N) is 2. The van der Waals surface area contributed by atoms with Gasteiger partial charge in [-0.25, -0.2) is 4.90 Å². The number of amides is 2. The van der Waals surface area contributed by atoms with Gasteiger partial charge in [-0.05, 0) is 30.7 Å². The van der Waals surface area contributed by atoms with Gasteiger partial charge in [0.05, 0.1) is 17.5 Å². The van der Waals surface area contributed by atoms with Crippen LogP contribution in [-0.4, -0.2) is 24.9 Å². The number of para-hydroxylation sites is 2. The largest absolute Gasteiger partial charge is 0.371 e. The second-order valence-electron chi connectivity index (χ2n) is 6.03. The predicted octanol–water partition coefficient (Wildman–Crippen LogP) is 2.80. The zero-order valence-corrected chi connectivity index (χ0v) is 13.0. The van der Waals surface area contributed by atoms with E-state index in [0.29, 0.717) is 12.2 Å². The molecule has 116 valence electrons. The summed E-state index contributed by atoms with van der Waals surface area (Å²) in [6.07, 6.45) is 0. The van der Waals surface area contributed by atoms with Crippen LogP contribution in [0.15, 0.2) is 54.6 Å². The molecule has 4 rings (SSSR count). The zero-order chi connectivity index (χ0) is 16.0. The highest BCUT2D eigenvalue weighted by atomic mass is 16.2. The molecule has 2 aromatic rings. The lowest BCUT2D eigenvalue weighted by Crippen LogP contribution is -2.39. The Bertz CT molecular complexity index is 772. The van der Waals surface area contributed by atoms with Crippen LogP contribution >= 0.6 is 0 Å². The lowest BCUT2D eigenvalue weighted by molar-refractivity contribution is -0.122. The topological polar surface area (TPSA) is 40.6 Å². The van der Waals surface area contributed by atoms with E-state index in [2.05, 4.69) is 11.8 Å². The van der Waals surface area contributed by atoms with Crippen molar-refractivity contribution in [2.24, 2.45) is 5.92 Å². The molecule has 4 heteroatoms. The fourth-order valence-corrected chi connectivity index (χ4v) is 3.77. The standard InChI is InChI=1S/C19H18N2O2/c1-2-20-12-15-17(14-10-6-7-11-16(14)20)19(23)21(18(15)22)13-8-4-3-5-9-13/h3-11,15,17H,2,12H2,1H3/t15-,17+/m0/s1. The molecular formula is C19H18N2O2. The molecule has 0 aliphatic carbocycles. The van der Waals surface area contributed by atoms with E-state index in [0.717, 1.165) is 17.8 Å². The SMILES string of the molecule is CCN1C[C@@H]2C(=O)N(c3ccccc3)C(=O)[C@@H]2c2ccccc21. The summed E-state index contributed by atoms with van der Waals surface area (Å²) in [5.41, 5.74) is 2.71. The molecule has 4 nitrogen and oxygen atoms in total. The number of rotatable bonds is 2. The number of fused-ring (bicyclic) bond motifs is 3. The predicted molar refractivity (Wildman–Crippen MR) is 89.5 cm³/mol. The van der Waals surface area contributed by atoms with Crippen LogP contribution < -0.4 is 9.80 Å². The van der Waals surface area contributed by atoms with Gasteiger partial charge in [-0.15, -0.1) is 0 Å². The van der Waals surface area contributed by atoms with Crippen LogP contribution in [0.1, 0.15) is 18.4 Å². The van der Waals surface area contributed by atoms with Crippen LogP contribution in [0, 0.1) is 5.92 Å². The maximum absolute atomic E-state index is 13.0. The number of carbonyl (C=O) groups excluding carboxylic acids is 2. The molecule has 2 aliphatic heterocycles. The van der Waals surface area contributed by atoms with Crippen molar-refractivity contribution >= 4 is 23.2 Å². The van der Waals surface area contributed by atoms with Crippen LogP contribution in [0.2, 0.25) is 0 Å². The molecule has 2 aliphatic rings. The number of hydrogen-bond donors (Lipinski definition) is 0. The van der Waals surface area contributed by atoms with Crippen LogP contribution in [0.5, 0.6) is 0 Å². The Morgan fingerprint density at radius 3 is 2.39 bits per heavy atom. The van der Waals surface area contributed by atoms with Crippen LogP contribution in [0.25, 0.3) is 0 Å². The van der Waals surface area contributed by atoms with Crippen molar-refractivity contribution in [3.63, 3.8) is 0 Å². The summed E-state index contributed by atoms with van der Waals surface area (Å²) in [5, 5.41) is 0. The van der Waals surface area contributed by atoms with Crippen molar-refractivity contribution < 1.29 is 9.59 Å². The van der Waals surface area contributed by atoms with Gasteiger partial charge >= 0.3 is 0 Å². The highest BCUT2D eigenvalue weighted by Gasteiger charge is 2.52. The van der Waals surface area contributed by atoms with E-state index in [1.54, 1.807) is 0 Å². The van der Waals surface area contributed by atoms with Crippen molar-refractivity contribution in [3.8, 4) is 0 Å². The van der Waals surface area contributed by atoms with Gasteiger partial charge < -0.3 is 4.90 Å². The number of benzene rings is 2. The maximum Gasteiger partial charge on any atom is 0.242 e. The highest BCUT2D eigenvalue weighted by Crippen LogP contribution is 2.45. The van der Waals surface area contributed by atoms with E-state index < -0.39 is 0 Å². The van der Waals surface area contributed by atoms with Gasteiger partial charge in [0.2, 0.25) is 11.8 Å². The minimum atomic E-state index is -0.360. The third kappa shape index (κ3) is 1.98.